The lowest BCUT2D eigenvalue weighted by Gasteiger charge is -2.12. The molecule has 9 heteroatoms. The summed E-state index contributed by atoms with van der Waals surface area (Å²) in [5.74, 6) is -0.687. The molecule has 0 aliphatic rings. The minimum absolute atomic E-state index is 0.0748. The fourth-order valence-corrected chi connectivity index (χ4v) is 4.27. The van der Waals surface area contributed by atoms with Crippen LogP contribution in [0.5, 0.6) is 5.75 Å². The normalized spacial score (nSPS) is 11.2. The molecule has 0 bridgehead atoms. The van der Waals surface area contributed by atoms with Crippen LogP contribution in [0.1, 0.15) is 17.3 Å². The highest BCUT2D eigenvalue weighted by atomic mass is 32.2. The number of amides is 1. The number of hydrogen-bond donors (Lipinski definition) is 1. The molecule has 2 aromatic carbocycles. The van der Waals surface area contributed by atoms with E-state index in [-0.39, 0.29) is 22.1 Å². The zero-order valence-corrected chi connectivity index (χ0v) is 16.2. The summed E-state index contributed by atoms with van der Waals surface area (Å²) in [5.41, 5.74) is 0.692. The maximum absolute atomic E-state index is 13.3. The van der Waals surface area contributed by atoms with Crippen molar-refractivity contribution in [2.24, 2.45) is 0 Å². The number of ether oxygens (including phenoxy) is 2. The maximum Gasteiger partial charge on any atom is 0.340 e. The molecule has 1 N–H and O–H groups in total. The second kappa shape index (κ2) is 7.35. The zero-order chi connectivity index (χ0) is 20.5. The molecule has 146 valence electrons. The summed E-state index contributed by atoms with van der Waals surface area (Å²) in [6.07, 6.45) is 1.23. The van der Waals surface area contributed by atoms with Gasteiger partial charge in [-0.3, -0.25) is 4.79 Å². The number of carbonyl (C=O) groups is 2. The molecule has 1 heterocycles. The smallest absolute Gasteiger partial charge is 0.340 e. The Balaban J connectivity index is 2.22. The van der Waals surface area contributed by atoms with Crippen LogP contribution in [0.25, 0.3) is 10.9 Å². The first kappa shape index (κ1) is 19.4. The van der Waals surface area contributed by atoms with Crippen molar-refractivity contribution in [1.29, 1.82) is 0 Å². The van der Waals surface area contributed by atoms with E-state index < -0.39 is 16.0 Å². The van der Waals surface area contributed by atoms with Gasteiger partial charge in [-0.25, -0.2) is 17.2 Å². The third-order valence-electron chi connectivity index (χ3n) is 4.12. The van der Waals surface area contributed by atoms with Crippen LogP contribution < -0.4 is 10.1 Å². The van der Waals surface area contributed by atoms with Gasteiger partial charge < -0.3 is 14.8 Å². The lowest BCUT2D eigenvalue weighted by molar-refractivity contribution is -0.114. The van der Waals surface area contributed by atoms with Gasteiger partial charge in [-0.15, -0.1) is 0 Å². The van der Waals surface area contributed by atoms with Crippen molar-refractivity contribution in [3.8, 4) is 5.75 Å². The van der Waals surface area contributed by atoms with Crippen LogP contribution in [-0.2, 0) is 19.6 Å². The zero-order valence-electron chi connectivity index (χ0n) is 15.4. The Hall–Kier alpha value is -3.33. The van der Waals surface area contributed by atoms with Gasteiger partial charge >= 0.3 is 5.97 Å². The number of nitrogens with zero attached hydrogens (tertiary/aromatic N) is 1. The Bertz CT molecular complexity index is 1180. The predicted octanol–water partition coefficient (Wildman–Crippen LogP) is 2.63. The van der Waals surface area contributed by atoms with Gasteiger partial charge in [0.2, 0.25) is 5.91 Å². The first-order valence-corrected chi connectivity index (χ1v) is 9.63. The van der Waals surface area contributed by atoms with E-state index in [2.05, 4.69) is 5.32 Å². The Morgan fingerprint density at radius 1 is 1.07 bits per heavy atom. The molecule has 0 saturated carbocycles. The van der Waals surface area contributed by atoms with E-state index in [9.17, 15) is 18.0 Å². The first-order chi connectivity index (χ1) is 13.3. The van der Waals surface area contributed by atoms with Crippen LogP contribution in [-0.4, -0.2) is 38.5 Å². The van der Waals surface area contributed by atoms with Crippen molar-refractivity contribution in [1.82, 2.24) is 3.97 Å². The number of esters is 1. The molecule has 3 rings (SSSR count). The summed E-state index contributed by atoms with van der Waals surface area (Å²) in [4.78, 5) is 23.4. The third kappa shape index (κ3) is 3.31. The molecule has 0 fully saturated rings. The molecule has 28 heavy (non-hydrogen) atoms. The molecule has 1 aromatic heterocycles. The average molecular weight is 402 g/mol. The third-order valence-corrected chi connectivity index (χ3v) is 5.79. The quantitative estimate of drug-likeness (QED) is 0.658. The Morgan fingerprint density at radius 2 is 1.79 bits per heavy atom. The van der Waals surface area contributed by atoms with Crippen LogP contribution in [0.2, 0.25) is 0 Å². The Kier molecular flexibility index (Phi) is 5.10. The van der Waals surface area contributed by atoms with Gasteiger partial charge in [-0.1, -0.05) is 18.2 Å². The van der Waals surface area contributed by atoms with Gasteiger partial charge in [0.1, 0.15) is 5.75 Å². The largest absolute Gasteiger partial charge is 0.495 e. The number of benzene rings is 2. The molecule has 0 saturated heterocycles. The number of aromatic nitrogens is 1. The van der Waals surface area contributed by atoms with Gasteiger partial charge in [-0.2, -0.15) is 0 Å². The first-order valence-electron chi connectivity index (χ1n) is 8.19. The second-order valence-electron chi connectivity index (χ2n) is 5.90. The lowest BCUT2D eigenvalue weighted by Crippen LogP contribution is -2.14. The standard InChI is InChI=1S/C19H18N2O6S/c1-12(22)20-16-10-13(8-9-18(16)26-2)28(24,25)21-11-15(19(23)27-3)14-6-4-5-7-17(14)21/h4-11H,1-3H3,(H,20,22). The van der Waals surface area contributed by atoms with Crippen LogP contribution in [0.15, 0.2) is 53.6 Å². The van der Waals surface area contributed by atoms with Crippen molar-refractivity contribution in [3.05, 3.63) is 54.2 Å². The summed E-state index contributed by atoms with van der Waals surface area (Å²) in [5, 5.41) is 3.00. The van der Waals surface area contributed by atoms with Crippen molar-refractivity contribution in [2.75, 3.05) is 19.5 Å². The van der Waals surface area contributed by atoms with Crippen molar-refractivity contribution < 1.29 is 27.5 Å². The lowest BCUT2D eigenvalue weighted by atomic mass is 10.2. The topological polar surface area (TPSA) is 104 Å². The summed E-state index contributed by atoms with van der Waals surface area (Å²) < 4.78 is 37.5. The molecule has 8 nitrogen and oxygen atoms in total. The van der Waals surface area contributed by atoms with Gasteiger partial charge in [0, 0.05) is 18.5 Å². The molecule has 3 aromatic rings. The number of anilines is 1. The molecule has 0 aliphatic heterocycles. The predicted molar refractivity (Wildman–Crippen MR) is 103 cm³/mol. The molecular formula is C19H18N2O6S. The minimum atomic E-state index is -4.07. The summed E-state index contributed by atoms with van der Waals surface area (Å²) in [6.45, 7) is 1.31. The highest BCUT2D eigenvalue weighted by Gasteiger charge is 2.25. The van der Waals surface area contributed by atoms with Gasteiger partial charge in [0.15, 0.2) is 0 Å². The second-order valence-corrected chi connectivity index (χ2v) is 7.71. The average Bonchev–Trinajstić information content (AvgIpc) is 3.07. The van der Waals surface area contributed by atoms with Crippen LogP contribution in [0, 0.1) is 0 Å². The molecule has 0 atom stereocenters. The van der Waals surface area contributed by atoms with Crippen LogP contribution >= 0.6 is 0 Å². The summed E-state index contributed by atoms with van der Waals surface area (Å²) in [6, 6.07) is 10.7. The fourth-order valence-electron chi connectivity index (χ4n) is 2.87. The summed E-state index contributed by atoms with van der Waals surface area (Å²) >= 11 is 0. The van der Waals surface area contributed by atoms with E-state index in [0.29, 0.717) is 16.7 Å². The van der Waals surface area contributed by atoms with E-state index in [4.69, 9.17) is 9.47 Å². The van der Waals surface area contributed by atoms with Gasteiger partial charge in [0.25, 0.3) is 10.0 Å². The number of carbonyl (C=O) groups excluding carboxylic acids is 2. The van der Waals surface area contributed by atoms with E-state index in [1.54, 1.807) is 24.3 Å². The summed E-state index contributed by atoms with van der Waals surface area (Å²) in [7, 11) is -1.43. The number of fused-ring (bicyclic) bond motifs is 1. The van der Waals surface area contributed by atoms with Crippen molar-refractivity contribution in [2.45, 2.75) is 11.8 Å². The number of nitrogens with one attached hydrogen (secondary N) is 1. The van der Waals surface area contributed by atoms with Crippen LogP contribution in [0.3, 0.4) is 0 Å². The number of para-hydroxylation sites is 1. The van der Waals surface area contributed by atoms with Crippen molar-refractivity contribution in [3.63, 3.8) is 0 Å². The molecule has 0 spiro atoms. The van der Waals surface area contributed by atoms with E-state index in [1.807, 2.05) is 0 Å². The number of hydrogen-bond acceptors (Lipinski definition) is 6. The molecule has 0 radical (unpaired) electrons. The van der Waals surface area contributed by atoms with Gasteiger partial charge in [0.05, 0.1) is 35.9 Å². The highest BCUT2D eigenvalue weighted by Crippen LogP contribution is 2.31. The van der Waals surface area contributed by atoms with Crippen LogP contribution in [0.4, 0.5) is 5.69 Å². The fraction of sp³-hybridized carbons (Fsp3) is 0.158. The van der Waals surface area contributed by atoms with E-state index in [0.717, 1.165) is 3.97 Å². The maximum atomic E-state index is 13.3. The monoisotopic (exact) mass is 402 g/mol. The van der Waals surface area contributed by atoms with E-state index in [1.165, 1.54) is 45.5 Å². The minimum Gasteiger partial charge on any atom is -0.495 e. The molecular weight excluding hydrogens is 384 g/mol. The van der Waals surface area contributed by atoms with E-state index >= 15 is 0 Å². The highest BCUT2D eigenvalue weighted by molar-refractivity contribution is 7.90. The molecule has 1 amide bonds. The Morgan fingerprint density at radius 3 is 2.43 bits per heavy atom. The number of rotatable bonds is 5. The number of methoxy groups -OCH3 is 2. The Labute approximate surface area is 161 Å². The van der Waals surface area contributed by atoms with Crippen molar-refractivity contribution >= 4 is 38.5 Å². The molecule has 0 unspecified atom stereocenters. The molecule has 0 aliphatic carbocycles. The van der Waals surface area contributed by atoms with Gasteiger partial charge in [-0.05, 0) is 24.3 Å². The SMILES string of the molecule is COC(=O)c1cn(S(=O)(=O)c2ccc(OC)c(NC(C)=O)c2)c2ccccc12.